The maximum atomic E-state index is 13.2. The average Bonchev–Trinajstić information content (AvgIpc) is 3.28. The zero-order valence-electron chi connectivity index (χ0n) is 35.0. The molecule has 0 radical (unpaired) electrons. The van der Waals surface area contributed by atoms with E-state index in [0.717, 1.165) is 28.0 Å². The fraction of sp³-hybridized carbons (Fsp3) is 0.127. The van der Waals surface area contributed by atoms with E-state index in [1.165, 1.54) is 21.2 Å². The molecule has 0 saturated carbocycles. The van der Waals surface area contributed by atoms with Crippen molar-refractivity contribution >= 4 is 28.5 Å². The van der Waals surface area contributed by atoms with E-state index in [9.17, 15) is 20.4 Å². The summed E-state index contributed by atoms with van der Waals surface area (Å²) >= 11 is 0. The molecule has 306 valence electrons. The van der Waals surface area contributed by atoms with Gasteiger partial charge in [-0.2, -0.15) is 0 Å². The molecule has 0 unspecified atom stereocenters. The molecular formula is C55H51O5P. The van der Waals surface area contributed by atoms with Gasteiger partial charge in [-0.3, -0.25) is 0 Å². The topological polar surface area (TPSA) is 93.0 Å². The molecular weight excluding hydrogens is 772 g/mol. The van der Waals surface area contributed by atoms with Crippen molar-refractivity contribution in [3.8, 4) is 28.7 Å². The Morgan fingerprint density at radius 2 is 0.787 bits per heavy atom. The molecule has 0 amide bonds. The highest BCUT2D eigenvalue weighted by Gasteiger charge is 2.47. The van der Waals surface area contributed by atoms with Gasteiger partial charge in [-0.05, 0) is 116 Å². The monoisotopic (exact) mass is 822 g/mol. The Bertz CT molecular complexity index is 2620. The van der Waals surface area contributed by atoms with E-state index in [2.05, 4.69) is 115 Å². The molecule has 0 saturated heterocycles. The molecule has 0 aliphatic heterocycles. The van der Waals surface area contributed by atoms with Crippen molar-refractivity contribution in [1.82, 2.24) is 0 Å². The SMILES string of the molecule is COc1ccc([P+](c2ccccc2)(c2ccccc2)c2ccccc2)cc1.Cc1ccc(O)c(Cc2cccc(Cc3cc(C)cc(Cc4cc(C)ccc4O)c3O)c2[O-])c1. The van der Waals surface area contributed by atoms with Crippen LogP contribution in [0.2, 0.25) is 0 Å². The Labute approximate surface area is 360 Å². The van der Waals surface area contributed by atoms with Crippen LogP contribution in [0.25, 0.3) is 0 Å². The highest BCUT2D eigenvalue weighted by Crippen LogP contribution is 2.54. The van der Waals surface area contributed by atoms with Crippen LogP contribution in [-0.4, -0.2) is 22.4 Å². The maximum absolute atomic E-state index is 13.2. The standard InChI is InChI=1S/C30H30O4.C25H22OP/c1-18-7-9-27(31)23(11-18)15-21-5-4-6-22(29(21)33)16-25-13-20(3)14-26(30(25)34)17-24-12-19(2)8-10-28(24)32;1-26-21-17-19-25(20-18-21)27(22-11-5-2-6-12-22,23-13-7-3-8-14-23)24-15-9-4-10-16-24/h4-14,31-34H,15-17H2,1-3H3;2-20H,1H3/q;+1/p-1. The number of phenolic OH excluding ortho intramolecular Hbond substituents is 3. The van der Waals surface area contributed by atoms with E-state index in [1.807, 2.05) is 63.2 Å². The first kappa shape index (κ1) is 42.3. The maximum Gasteiger partial charge on any atom is 0.144 e. The third-order valence-corrected chi connectivity index (χ3v) is 15.4. The van der Waals surface area contributed by atoms with Gasteiger partial charge in [0.25, 0.3) is 0 Å². The number of methoxy groups -OCH3 is 1. The van der Waals surface area contributed by atoms with Crippen LogP contribution in [0.15, 0.2) is 182 Å². The molecule has 0 bridgehead atoms. The van der Waals surface area contributed by atoms with Crippen LogP contribution in [0, 0.1) is 20.8 Å². The number of benzene rings is 8. The number of phenols is 3. The van der Waals surface area contributed by atoms with E-state index >= 15 is 0 Å². The molecule has 0 aliphatic carbocycles. The molecule has 5 nitrogen and oxygen atoms in total. The van der Waals surface area contributed by atoms with Gasteiger partial charge in [-0.25, -0.2) is 0 Å². The Balaban J connectivity index is 0.000000189. The summed E-state index contributed by atoms with van der Waals surface area (Å²) in [7, 11) is -0.280. The van der Waals surface area contributed by atoms with Crippen LogP contribution in [0.1, 0.15) is 50.1 Å². The number of para-hydroxylation sites is 1. The van der Waals surface area contributed by atoms with Gasteiger partial charge in [0, 0.05) is 19.3 Å². The van der Waals surface area contributed by atoms with Gasteiger partial charge in [0.15, 0.2) is 0 Å². The lowest BCUT2D eigenvalue weighted by molar-refractivity contribution is -0.270. The predicted octanol–water partition coefficient (Wildman–Crippen LogP) is 9.89. The van der Waals surface area contributed by atoms with Crippen molar-refractivity contribution < 1.29 is 25.2 Å². The highest BCUT2D eigenvalue weighted by atomic mass is 31.2. The Morgan fingerprint density at radius 3 is 1.21 bits per heavy atom. The first-order chi connectivity index (χ1) is 29.6. The van der Waals surface area contributed by atoms with E-state index in [1.54, 1.807) is 31.4 Å². The van der Waals surface area contributed by atoms with Crippen molar-refractivity contribution in [3.63, 3.8) is 0 Å². The molecule has 0 heterocycles. The smallest absolute Gasteiger partial charge is 0.144 e. The van der Waals surface area contributed by atoms with Crippen molar-refractivity contribution in [1.29, 1.82) is 0 Å². The molecule has 8 aromatic rings. The number of aromatic hydroxyl groups is 3. The number of hydrogen-bond acceptors (Lipinski definition) is 5. The number of aryl methyl sites for hydroxylation is 3. The number of hydrogen-bond donors (Lipinski definition) is 3. The van der Waals surface area contributed by atoms with Crippen LogP contribution < -0.4 is 31.1 Å². The summed E-state index contributed by atoms with van der Waals surface area (Å²) in [6, 6.07) is 61.3. The van der Waals surface area contributed by atoms with E-state index in [-0.39, 0.29) is 23.0 Å². The van der Waals surface area contributed by atoms with Gasteiger partial charge in [0.2, 0.25) is 0 Å². The molecule has 0 fully saturated rings. The minimum Gasteiger partial charge on any atom is -0.872 e. The lowest BCUT2D eigenvalue weighted by Crippen LogP contribution is -2.38. The molecule has 0 atom stereocenters. The summed E-state index contributed by atoms with van der Waals surface area (Å²) in [5.74, 6) is 1.32. The zero-order chi connectivity index (χ0) is 42.9. The summed E-state index contributed by atoms with van der Waals surface area (Å²) in [4.78, 5) is 0. The first-order valence-electron chi connectivity index (χ1n) is 20.4. The molecule has 8 rings (SSSR count). The molecule has 8 aromatic carbocycles. The van der Waals surface area contributed by atoms with Crippen LogP contribution >= 0.6 is 7.26 Å². The normalized spacial score (nSPS) is 11.1. The molecule has 0 aromatic heterocycles. The van der Waals surface area contributed by atoms with Crippen molar-refractivity contribution in [2.75, 3.05) is 7.11 Å². The summed E-state index contributed by atoms with van der Waals surface area (Å²) in [6.07, 6.45) is 1.04. The summed E-state index contributed by atoms with van der Waals surface area (Å²) in [6.45, 7) is 5.87. The Morgan fingerprint density at radius 1 is 0.410 bits per heavy atom. The quantitative estimate of drug-likeness (QED) is 0.113. The summed E-state index contributed by atoms with van der Waals surface area (Å²) in [5.41, 5.74) is 7.08. The fourth-order valence-electron chi connectivity index (χ4n) is 8.10. The first-order valence-corrected chi connectivity index (χ1v) is 22.2. The van der Waals surface area contributed by atoms with Crippen molar-refractivity contribution in [2.45, 2.75) is 40.0 Å². The van der Waals surface area contributed by atoms with Gasteiger partial charge in [-0.15, -0.1) is 5.75 Å². The summed E-state index contributed by atoms with van der Waals surface area (Å²) < 4.78 is 5.41. The molecule has 61 heavy (non-hydrogen) atoms. The van der Waals surface area contributed by atoms with Gasteiger partial charge >= 0.3 is 0 Å². The summed E-state index contributed by atoms with van der Waals surface area (Å²) in [5, 5.41) is 50.1. The predicted molar refractivity (Wildman–Crippen MR) is 251 cm³/mol. The highest BCUT2D eigenvalue weighted by molar-refractivity contribution is 8.01. The lowest BCUT2D eigenvalue weighted by Gasteiger charge is -2.27. The van der Waals surface area contributed by atoms with Crippen LogP contribution in [-0.2, 0) is 19.3 Å². The van der Waals surface area contributed by atoms with Crippen LogP contribution in [0.5, 0.6) is 28.7 Å². The van der Waals surface area contributed by atoms with Gasteiger partial charge in [0.05, 0.1) is 7.11 Å². The zero-order valence-corrected chi connectivity index (χ0v) is 35.9. The average molecular weight is 823 g/mol. The molecule has 6 heteroatoms. The lowest BCUT2D eigenvalue weighted by atomic mass is 9.93. The molecule has 0 aliphatic rings. The second-order valence-corrected chi connectivity index (χ2v) is 18.9. The van der Waals surface area contributed by atoms with Gasteiger partial charge in [0.1, 0.15) is 51.5 Å². The van der Waals surface area contributed by atoms with E-state index < -0.39 is 7.26 Å². The molecule has 3 N–H and O–H groups in total. The van der Waals surface area contributed by atoms with Crippen LogP contribution in [0.4, 0.5) is 0 Å². The second kappa shape index (κ2) is 19.1. The van der Waals surface area contributed by atoms with Crippen molar-refractivity contribution in [2.24, 2.45) is 0 Å². The minimum absolute atomic E-state index is 0.0813. The number of ether oxygens (including phenoxy) is 1. The Hall–Kier alpha value is -6.81. The number of rotatable bonds is 11. The van der Waals surface area contributed by atoms with E-state index in [4.69, 9.17) is 4.74 Å². The van der Waals surface area contributed by atoms with Gasteiger partial charge < -0.3 is 25.2 Å². The van der Waals surface area contributed by atoms with E-state index in [0.29, 0.717) is 47.1 Å². The van der Waals surface area contributed by atoms with Crippen LogP contribution in [0.3, 0.4) is 0 Å². The third kappa shape index (κ3) is 9.49. The molecule has 0 spiro atoms. The third-order valence-electron chi connectivity index (χ3n) is 11.1. The minimum atomic E-state index is -1.99. The second-order valence-electron chi connectivity index (χ2n) is 15.5. The fourth-order valence-corrected chi connectivity index (χ4v) is 12.3. The Kier molecular flexibility index (Phi) is 13.2. The van der Waals surface area contributed by atoms with Gasteiger partial charge in [-0.1, -0.05) is 137 Å². The van der Waals surface area contributed by atoms with Crippen molar-refractivity contribution in [3.05, 3.63) is 232 Å². The largest absolute Gasteiger partial charge is 0.872 e.